The van der Waals surface area contributed by atoms with Crippen molar-refractivity contribution in [3.8, 4) is 0 Å². The van der Waals surface area contributed by atoms with Crippen LogP contribution in [-0.2, 0) is 0 Å². The van der Waals surface area contributed by atoms with Gasteiger partial charge in [0.25, 0.3) is 0 Å². The van der Waals surface area contributed by atoms with Crippen molar-refractivity contribution < 1.29 is 0 Å². The first-order valence-electron chi connectivity index (χ1n) is 5.89. The van der Waals surface area contributed by atoms with E-state index in [0.717, 1.165) is 5.52 Å². The van der Waals surface area contributed by atoms with Crippen LogP contribution in [0.4, 0.5) is 0 Å². The summed E-state index contributed by atoms with van der Waals surface area (Å²) in [6.45, 7) is 7.90. The van der Waals surface area contributed by atoms with Crippen LogP contribution in [0.3, 0.4) is 0 Å². The van der Waals surface area contributed by atoms with Gasteiger partial charge in [0.2, 0.25) is 0 Å². The Bertz CT molecular complexity index is 570. The van der Waals surface area contributed by atoms with Crippen LogP contribution in [0, 0.1) is 0 Å². The zero-order valence-electron chi connectivity index (χ0n) is 10.8. The van der Waals surface area contributed by atoms with Crippen molar-refractivity contribution in [3.63, 3.8) is 0 Å². The molecule has 0 aliphatic carbocycles. The van der Waals surface area contributed by atoms with Crippen molar-refractivity contribution in [1.29, 1.82) is 0 Å². The van der Waals surface area contributed by atoms with Crippen LogP contribution in [0.25, 0.3) is 16.9 Å². The molecule has 2 aromatic rings. The maximum atomic E-state index is 5.09. The van der Waals surface area contributed by atoms with Crippen molar-refractivity contribution in [2.45, 2.75) is 19.9 Å². The molecule has 0 radical (unpaired) electrons. The molecule has 4 N–H and O–H groups in total. The van der Waals surface area contributed by atoms with Crippen LogP contribution in [-0.4, -0.2) is 26.1 Å². The maximum Gasteiger partial charge on any atom is 0.185 e. The number of H-pyrrole nitrogens is 1. The fourth-order valence-electron chi connectivity index (χ4n) is 1.48. The number of nitrogens with zero attached hydrogens (tertiary/aromatic N) is 2. The summed E-state index contributed by atoms with van der Waals surface area (Å²) in [5.74, 6) is 0.619. The van der Waals surface area contributed by atoms with Crippen LogP contribution >= 0.6 is 12.2 Å². The first-order chi connectivity index (χ1) is 9.06. The summed E-state index contributed by atoms with van der Waals surface area (Å²) in [6.07, 6.45) is 1.70. The van der Waals surface area contributed by atoms with Crippen molar-refractivity contribution in [3.05, 3.63) is 30.7 Å². The summed E-state index contributed by atoms with van der Waals surface area (Å²) in [7, 11) is 0. The van der Waals surface area contributed by atoms with E-state index in [-0.39, 0.29) is 6.04 Å². The van der Waals surface area contributed by atoms with Gasteiger partial charge < -0.3 is 10.3 Å². The summed E-state index contributed by atoms with van der Waals surface area (Å²) < 4.78 is 0. The minimum Gasteiger partial charge on any atom is -0.359 e. The molecule has 6 nitrogen and oxygen atoms in total. The van der Waals surface area contributed by atoms with Gasteiger partial charge in [-0.2, -0.15) is 0 Å². The molecule has 0 unspecified atom stereocenters. The number of aromatic nitrogens is 3. The molecule has 0 spiro atoms. The zero-order valence-corrected chi connectivity index (χ0v) is 11.6. The highest BCUT2D eigenvalue weighted by Gasteiger charge is 2.06. The van der Waals surface area contributed by atoms with E-state index in [1.807, 2.05) is 26.0 Å². The number of hydrogen-bond donors (Lipinski definition) is 4. The van der Waals surface area contributed by atoms with Crippen molar-refractivity contribution >= 4 is 34.2 Å². The largest absolute Gasteiger partial charge is 0.359 e. The van der Waals surface area contributed by atoms with Gasteiger partial charge in [-0.15, -0.1) is 0 Å². The lowest BCUT2D eigenvalue weighted by molar-refractivity contribution is 0.699. The Labute approximate surface area is 116 Å². The molecule has 19 heavy (non-hydrogen) atoms. The third-order valence-corrected chi connectivity index (χ3v) is 2.51. The van der Waals surface area contributed by atoms with Crippen LogP contribution in [0.2, 0.25) is 0 Å². The molecule has 0 atom stereocenters. The number of imidazole rings is 1. The molecule has 0 fully saturated rings. The lowest BCUT2D eigenvalue weighted by Gasteiger charge is -2.14. The molecule has 0 saturated heterocycles. The van der Waals surface area contributed by atoms with E-state index in [2.05, 4.69) is 37.7 Å². The minimum absolute atomic E-state index is 0.269. The summed E-state index contributed by atoms with van der Waals surface area (Å²) in [6, 6.07) is 4.02. The molecule has 0 amide bonds. The second-order valence-corrected chi connectivity index (χ2v) is 4.72. The maximum absolute atomic E-state index is 5.09. The molecule has 2 heterocycles. The number of pyridine rings is 1. The van der Waals surface area contributed by atoms with Gasteiger partial charge in [0.15, 0.2) is 16.6 Å². The second-order valence-electron chi connectivity index (χ2n) is 4.32. The minimum atomic E-state index is 0.269. The predicted molar refractivity (Wildman–Crippen MR) is 80.1 cm³/mol. The number of hydrazine groups is 1. The van der Waals surface area contributed by atoms with Crippen LogP contribution < -0.4 is 16.2 Å². The molecular formula is C12H16N6S. The predicted octanol–water partition coefficient (Wildman–Crippen LogP) is 1.31. The number of thiocarbonyl (C=S) groups is 1. The summed E-state index contributed by atoms with van der Waals surface area (Å²) in [5.41, 5.74) is 7.85. The Kier molecular flexibility index (Phi) is 3.96. The topological polar surface area (TPSA) is 77.7 Å². The Hall–Kier alpha value is -2.15. The molecule has 0 aromatic carbocycles. The van der Waals surface area contributed by atoms with Gasteiger partial charge in [-0.1, -0.05) is 6.58 Å². The molecule has 7 heteroatoms. The second kappa shape index (κ2) is 5.66. The fourth-order valence-corrected chi connectivity index (χ4v) is 1.76. The molecule has 0 saturated carbocycles. The van der Waals surface area contributed by atoms with Crippen LogP contribution in [0.15, 0.2) is 24.9 Å². The van der Waals surface area contributed by atoms with E-state index in [0.29, 0.717) is 22.3 Å². The number of hydrogen-bond acceptors (Lipinski definition) is 4. The van der Waals surface area contributed by atoms with Crippen molar-refractivity contribution in [2.75, 3.05) is 0 Å². The smallest absolute Gasteiger partial charge is 0.185 e. The van der Waals surface area contributed by atoms with Gasteiger partial charge >= 0.3 is 0 Å². The molecular weight excluding hydrogens is 260 g/mol. The van der Waals surface area contributed by atoms with Gasteiger partial charge in [0.05, 0.1) is 11.2 Å². The van der Waals surface area contributed by atoms with E-state index >= 15 is 0 Å². The third-order valence-electron chi connectivity index (χ3n) is 2.29. The summed E-state index contributed by atoms with van der Waals surface area (Å²) >= 11 is 5.09. The average Bonchev–Trinajstić information content (AvgIpc) is 2.78. The average molecular weight is 276 g/mol. The third kappa shape index (κ3) is 3.41. The van der Waals surface area contributed by atoms with Crippen LogP contribution in [0.5, 0.6) is 0 Å². The first-order valence-corrected chi connectivity index (χ1v) is 6.29. The van der Waals surface area contributed by atoms with Gasteiger partial charge in [-0.05, 0) is 38.2 Å². The SMILES string of the molecule is C=C(NNC(=S)NC(C)C)c1nc2ncccc2[nH]1. The Morgan fingerprint density at radius 3 is 2.89 bits per heavy atom. The lowest BCUT2D eigenvalue weighted by atomic mass is 10.4. The molecule has 100 valence electrons. The van der Waals surface area contributed by atoms with Gasteiger partial charge in [-0.3, -0.25) is 10.9 Å². The highest BCUT2D eigenvalue weighted by atomic mass is 32.1. The number of rotatable bonds is 4. The van der Waals surface area contributed by atoms with E-state index < -0.39 is 0 Å². The summed E-state index contributed by atoms with van der Waals surface area (Å²) in [5, 5.41) is 3.55. The number of nitrogens with one attached hydrogen (secondary N) is 4. The zero-order chi connectivity index (χ0) is 13.8. The molecule has 0 aliphatic heterocycles. The highest BCUT2D eigenvalue weighted by molar-refractivity contribution is 7.80. The molecule has 0 bridgehead atoms. The van der Waals surface area contributed by atoms with Gasteiger partial charge in [-0.25, -0.2) is 9.97 Å². The van der Waals surface area contributed by atoms with Crippen molar-refractivity contribution in [1.82, 2.24) is 31.1 Å². The molecule has 2 rings (SSSR count). The van der Waals surface area contributed by atoms with E-state index in [1.165, 1.54) is 0 Å². The molecule has 0 aliphatic rings. The Morgan fingerprint density at radius 2 is 2.21 bits per heavy atom. The monoisotopic (exact) mass is 276 g/mol. The summed E-state index contributed by atoms with van der Waals surface area (Å²) in [4.78, 5) is 11.6. The normalized spacial score (nSPS) is 10.5. The highest BCUT2D eigenvalue weighted by Crippen LogP contribution is 2.11. The van der Waals surface area contributed by atoms with E-state index in [9.17, 15) is 0 Å². The first kappa shape index (κ1) is 13.3. The lowest BCUT2D eigenvalue weighted by Crippen LogP contribution is -2.45. The van der Waals surface area contributed by atoms with E-state index in [4.69, 9.17) is 12.2 Å². The van der Waals surface area contributed by atoms with E-state index in [1.54, 1.807) is 6.20 Å². The number of aromatic amines is 1. The Morgan fingerprint density at radius 1 is 1.42 bits per heavy atom. The van der Waals surface area contributed by atoms with Crippen molar-refractivity contribution in [2.24, 2.45) is 0 Å². The Balaban J connectivity index is 1.98. The van der Waals surface area contributed by atoms with Gasteiger partial charge in [0, 0.05) is 12.2 Å². The van der Waals surface area contributed by atoms with Crippen LogP contribution in [0.1, 0.15) is 19.7 Å². The quantitative estimate of drug-likeness (QED) is 0.498. The molecule has 2 aromatic heterocycles. The standard InChI is InChI=1S/C12H16N6S/c1-7(2)14-12(19)18-17-8(3)10-15-9-5-4-6-13-11(9)16-10/h4-7,17H,3H2,1-2H3,(H,13,15,16)(H2,14,18,19). The fraction of sp³-hybridized carbons (Fsp3) is 0.250. The number of fused-ring (bicyclic) bond motifs is 1. The van der Waals surface area contributed by atoms with Gasteiger partial charge in [0.1, 0.15) is 0 Å².